The van der Waals surface area contributed by atoms with Crippen LogP contribution in [-0.4, -0.2) is 52.6 Å². The van der Waals surface area contributed by atoms with Gasteiger partial charge in [0.15, 0.2) is 0 Å². The Morgan fingerprint density at radius 2 is 1.95 bits per heavy atom. The van der Waals surface area contributed by atoms with Crippen LogP contribution >= 0.6 is 0 Å². The van der Waals surface area contributed by atoms with E-state index in [1.165, 1.54) is 11.3 Å². The van der Waals surface area contributed by atoms with Gasteiger partial charge in [0.1, 0.15) is 6.04 Å². The number of amides is 2. The fraction of sp³-hybridized carbons (Fsp3) is 0.857. The molecule has 19 heavy (non-hydrogen) atoms. The number of nitrogens with zero attached hydrogens (tertiary/aromatic N) is 2. The average molecular weight is 268 g/mol. The summed E-state index contributed by atoms with van der Waals surface area (Å²) in [4.78, 5) is 26.9. The number of hydrogen-bond acceptors (Lipinski definition) is 2. The summed E-state index contributed by atoms with van der Waals surface area (Å²) in [6.45, 7) is 2.79. The van der Waals surface area contributed by atoms with E-state index in [1.807, 2.05) is 7.05 Å². The molecule has 0 aromatic carbocycles. The van der Waals surface area contributed by atoms with Gasteiger partial charge in [0.25, 0.3) is 0 Å². The molecule has 1 heterocycles. The Bertz CT molecular complexity index is 359. The van der Waals surface area contributed by atoms with Crippen LogP contribution in [0.25, 0.3) is 0 Å². The molecule has 1 N–H and O–H groups in total. The van der Waals surface area contributed by atoms with Crippen molar-refractivity contribution in [1.82, 2.24) is 9.80 Å². The molecule has 0 radical (unpaired) electrons. The molecule has 2 aliphatic rings. The van der Waals surface area contributed by atoms with Crippen LogP contribution < -0.4 is 0 Å². The lowest BCUT2D eigenvalue weighted by molar-refractivity contribution is -0.141. The van der Waals surface area contributed by atoms with Crippen LogP contribution in [0.1, 0.15) is 45.4 Å². The molecule has 3 atom stereocenters. The summed E-state index contributed by atoms with van der Waals surface area (Å²) < 4.78 is 0. The molecule has 3 unspecified atom stereocenters. The molecule has 0 spiro atoms. The van der Waals surface area contributed by atoms with Crippen molar-refractivity contribution in [3.8, 4) is 0 Å². The van der Waals surface area contributed by atoms with Gasteiger partial charge >= 0.3 is 12.0 Å². The highest BCUT2D eigenvalue weighted by atomic mass is 16.4. The van der Waals surface area contributed by atoms with E-state index in [4.69, 9.17) is 5.11 Å². The van der Waals surface area contributed by atoms with Crippen molar-refractivity contribution in [2.24, 2.45) is 5.92 Å². The van der Waals surface area contributed by atoms with Gasteiger partial charge < -0.3 is 14.9 Å². The highest BCUT2D eigenvalue weighted by Crippen LogP contribution is 2.28. The molecule has 108 valence electrons. The monoisotopic (exact) mass is 268 g/mol. The molecule has 2 rings (SSSR count). The first-order valence-corrected chi connectivity index (χ1v) is 7.27. The first-order valence-electron chi connectivity index (χ1n) is 7.27. The maximum atomic E-state index is 12.5. The highest BCUT2D eigenvalue weighted by Gasteiger charge is 2.37. The molecule has 2 fully saturated rings. The third-order valence-corrected chi connectivity index (χ3v) is 4.54. The Morgan fingerprint density at radius 1 is 1.21 bits per heavy atom. The van der Waals surface area contributed by atoms with Crippen LogP contribution in [0.4, 0.5) is 4.79 Å². The summed E-state index contributed by atoms with van der Waals surface area (Å²) in [7, 11) is 1.82. The number of likely N-dealkylation sites (tertiary alicyclic amines) is 1. The molecular weight excluding hydrogens is 244 g/mol. The lowest BCUT2D eigenvalue weighted by Crippen LogP contribution is -2.50. The number of carboxylic acid groups (broad SMARTS) is 1. The largest absolute Gasteiger partial charge is 0.480 e. The van der Waals surface area contributed by atoms with Crippen molar-refractivity contribution in [2.75, 3.05) is 13.6 Å². The maximum absolute atomic E-state index is 12.5. The quantitative estimate of drug-likeness (QED) is 0.835. The minimum absolute atomic E-state index is 0.107. The van der Waals surface area contributed by atoms with Crippen LogP contribution in [0.2, 0.25) is 0 Å². The molecule has 1 aliphatic carbocycles. The second-order valence-electron chi connectivity index (χ2n) is 6.01. The maximum Gasteiger partial charge on any atom is 0.326 e. The van der Waals surface area contributed by atoms with Crippen molar-refractivity contribution in [1.29, 1.82) is 0 Å². The predicted molar refractivity (Wildman–Crippen MR) is 71.9 cm³/mol. The molecule has 0 aromatic heterocycles. The SMILES string of the molecule is CC1CCCC(N(C)C(=O)N2CCCC2C(=O)O)C1. The number of carbonyl (C=O) groups is 2. The fourth-order valence-electron chi connectivity index (χ4n) is 3.37. The van der Waals surface area contributed by atoms with Gasteiger partial charge in [-0.3, -0.25) is 0 Å². The fourth-order valence-corrected chi connectivity index (χ4v) is 3.37. The van der Waals surface area contributed by atoms with Gasteiger partial charge in [-0.15, -0.1) is 0 Å². The van der Waals surface area contributed by atoms with Gasteiger partial charge in [-0.1, -0.05) is 19.8 Å². The minimum atomic E-state index is -0.878. The van der Waals surface area contributed by atoms with E-state index in [9.17, 15) is 9.59 Å². The number of hydrogen-bond donors (Lipinski definition) is 1. The van der Waals surface area contributed by atoms with Gasteiger partial charge in [-0.05, 0) is 31.6 Å². The standard InChI is InChI=1S/C14H24N2O3/c1-10-5-3-6-11(9-10)15(2)14(19)16-8-4-7-12(16)13(17)18/h10-12H,3-9H2,1-2H3,(H,17,18). The van der Waals surface area contributed by atoms with Gasteiger partial charge in [0, 0.05) is 19.6 Å². The van der Waals surface area contributed by atoms with E-state index < -0.39 is 12.0 Å². The Kier molecular flexibility index (Phi) is 4.32. The van der Waals surface area contributed by atoms with Gasteiger partial charge in [-0.2, -0.15) is 0 Å². The zero-order valence-corrected chi connectivity index (χ0v) is 11.8. The van der Waals surface area contributed by atoms with Crippen LogP contribution in [0, 0.1) is 5.92 Å². The summed E-state index contributed by atoms with van der Waals surface area (Å²) in [6.07, 6.45) is 5.84. The molecule has 5 heteroatoms. The summed E-state index contributed by atoms with van der Waals surface area (Å²) >= 11 is 0. The second kappa shape index (κ2) is 5.80. The molecule has 0 bridgehead atoms. The van der Waals surface area contributed by atoms with Crippen molar-refractivity contribution >= 4 is 12.0 Å². The topological polar surface area (TPSA) is 60.9 Å². The number of carboxylic acids is 1. The lowest BCUT2D eigenvalue weighted by atomic mass is 9.86. The number of aliphatic carboxylic acids is 1. The lowest BCUT2D eigenvalue weighted by Gasteiger charge is -2.37. The van der Waals surface area contributed by atoms with E-state index in [-0.39, 0.29) is 12.1 Å². The smallest absolute Gasteiger partial charge is 0.326 e. The van der Waals surface area contributed by atoms with E-state index >= 15 is 0 Å². The Hall–Kier alpha value is -1.26. The van der Waals surface area contributed by atoms with Crippen molar-refractivity contribution < 1.29 is 14.7 Å². The molecule has 0 aromatic rings. The summed E-state index contributed by atoms with van der Waals surface area (Å²) in [5, 5.41) is 9.15. The zero-order chi connectivity index (χ0) is 14.0. The van der Waals surface area contributed by atoms with E-state index in [0.717, 1.165) is 25.7 Å². The normalized spacial score (nSPS) is 31.3. The third kappa shape index (κ3) is 3.01. The minimum Gasteiger partial charge on any atom is -0.480 e. The Morgan fingerprint density at radius 3 is 2.58 bits per heavy atom. The molecule has 1 saturated carbocycles. The molecular formula is C14H24N2O3. The zero-order valence-electron chi connectivity index (χ0n) is 11.8. The van der Waals surface area contributed by atoms with Crippen LogP contribution in [0.3, 0.4) is 0 Å². The van der Waals surface area contributed by atoms with Gasteiger partial charge in [0.2, 0.25) is 0 Å². The first kappa shape index (κ1) is 14.2. The van der Waals surface area contributed by atoms with Crippen LogP contribution in [0.5, 0.6) is 0 Å². The number of rotatable bonds is 2. The molecule has 2 amide bonds. The number of urea groups is 1. The number of carbonyl (C=O) groups excluding carboxylic acids is 1. The van der Waals surface area contributed by atoms with E-state index in [0.29, 0.717) is 18.9 Å². The third-order valence-electron chi connectivity index (χ3n) is 4.54. The molecule has 5 nitrogen and oxygen atoms in total. The summed E-state index contributed by atoms with van der Waals surface area (Å²) in [5.74, 6) is -0.223. The highest BCUT2D eigenvalue weighted by molar-refractivity contribution is 5.83. The van der Waals surface area contributed by atoms with Crippen LogP contribution in [-0.2, 0) is 4.79 Å². The first-order chi connectivity index (χ1) is 9.00. The Labute approximate surface area is 114 Å². The predicted octanol–water partition coefficient (Wildman–Crippen LogP) is 2.17. The van der Waals surface area contributed by atoms with Gasteiger partial charge in [0.05, 0.1) is 0 Å². The van der Waals surface area contributed by atoms with Crippen LogP contribution in [0.15, 0.2) is 0 Å². The average Bonchev–Trinajstić information content (AvgIpc) is 2.86. The van der Waals surface area contributed by atoms with E-state index in [1.54, 1.807) is 4.90 Å². The van der Waals surface area contributed by atoms with Crippen molar-refractivity contribution in [3.63, 3.8) is 0 Å². The Balaban J connectivity index is 2.00. The van der Waals surface area contributed by atoms with Gasteiger partial charge in [-0.25, -0.2) is 9.59 Å². The second-order valence-corrected chi connectivity index (χ2v) is 6.01. The van der Waals surface area contributed by atoms with Crippen molar-refractivity contribution in [3.05, 3.63) is 0 Å². The summed E-state index contributed by atoms with van der Waals surface area (Å²) in [6, 6.07) is -0.466. The molecule has 1 saturated heterocycles. The summed E-state index contributed by atoms with van der Waals surface area (Å²) in [5.41, 5.74) is 0. The molecule has 1 aliphatic heterocycles. The van der Waals surface area contributed by atoms with Crippen molar-refractivity contribution in [2.45, 2.75) is 57.5 Å². The van der Waals surface area contributed by atoms with E-state index in [2.05, 4.69) is 6.92 Å².